The molecular weight excluding hydrogens is 324 g/mol. The Bertz CT molecular complexity index is 362. The average Bonchev–Trinajstić information content (AvgIpc) is 2.59. The van der Waals surface area contributed by atoms with Gasteiger partial charge in [-0.25, -0.2) is 0 Å². The first kappa shape index (κ1) is 11.4. The third kappa shape index (κ3) is 2.55. The maximum atomic E-state index is 10.1. The highest BCUT2D eigenvalue weighted by Gasteiger charge is 2.20. The van der Waals surface area contributed by atoms with Crippen LogP contribution in [0.2, 0.25) is 0 Å². The van der Waals surface area contributed by atoms with Gasteiger partial charge >= 0.3 is 0 Å². The van der Waals surface area contributed by atoms with Crippen molar-refractivity contribution in [1.82, 2.24) is 0 Å². The lowest BCUT2D eigenvalue weighted by molar-refractivity contribution is 0.177. The molecule has 82 valence electrons. The van der Waals surface area contributed by atoms with E-state index in [0.717, 1.165) is 29.3 Å². The predicted octanol–water partition coefficient (Wildman–Crippen LogP) is 4.34. The quantitative estimate of drug-likeness (QED) is 0.815. The Hall–Kier alpha value is -0.0600. The van der Waals surface area contributed by atoms with Gasteiger partial charge in [0.15, 0.2) is 4.67 Å². The van der Waals surface area contributed by atoms with Crippen LogP contribution in [0.4, 0.5) is 0 Å². The molecule has 4 heteroatoms. The maximum absolute atomic E-state index is 10.1. The van der Waals surface area contributed by atoms with Gasteiger partial charge in [-0.3, -0.25) is 0 Å². The fraction of sp³-hybridized carbons (Fsp3) is 0.455. The molecule has 2 rings (SSSR count). The van der Waals surface area contributed by atoms with Crippen LogP contribution in [0.25, 0.3) is 0 Å². The molecule has 1 heterocycles. The molecule has 15 heavy (non-hydrogen) atoms. The molecule has 1 aromatic heterocycles. The van der Waals surface area contributed by atoms with E-state index in [1.165, 1.54) is 6.42 Å². The van der Waals surface area contributed by atoms with Gasteiger partial charge < -0.3 is 9.52 Å². The van der Waals surface area contributed by atoms with Crippen LogP contribution in [-0.2, 0) is 0 Å². The van der Waals surface area contributed by atoms with E-state index in [-0.39, 0.29) is 0 Å². The first-order chi connectivity index (χ1) is 7.18. The lowest BCUT2D eigenvalue weighted by Gasteiger charge is -2.16. The number of rotatable bonds is 2. The van der Waals surface area contributed by atoms with Crippen LogP contribution >= 0.6 is 31.9 Å². The van der Waals surface area contributed by atoms with Gasteiger partial charge in [-0.1, -0.05) is 6.08 Å². The van der Waals surface area contributed by atoms with Gasteiger partial charge in [-0.05, 0) is 69.2 Å². The number of hydrogen-bond acceptors (Lipinski definition) is 2. The first-order valence-electron chi connectivity index (χ1n) is 5.00. The Morgan fingerprint density at radius 3 is 2.67 bits per heavy atom. The molecule has 0 radical (unpaired) electrons. The topological polar surface area (TPSA) is 33.4 Å². The van der Waals surface area contributed by atoms with Crippen LogP contribution in [-0.4, -0.2) is 5.11 Å². The summed E-state index contributed by atoms with van der Waals surface area (Å²) in [6.45, 7) is 0. The minimum absolute atomic E-state index is 0.590. The van der Waals surface area contributed by atoms with E-state index in [0.29, 0.717) is 10.4 Å². The molecule has 0 saturated carbocycles. The normalized spacial score (nSPS) is 18.7. The number of allylic oxidation sites excluding steroid dienone is 1. The first-order valence-corrected chi connectivity index (χ1v) is 6.59. The van der Waals surface area contributed by atoms with Crippen LogP contribution in [0.1, 0.15) is 37.5 Å². The fourth-order valence-electron chi connectivity index (χ4n) is 1.79. The Labute approximate surface area is 106 Å². The largest absolute Gasteiger partial charge is 0.450 e. The van der Waals surface area contributed by atoms with Crippen LogP contribution in [0, 0.1) is 0 Å². The Balaban J connectivity index is 2.19. The van der Waals surface area contributed by atoms with Crippen molar-refractivity contribution in [3.63, 3.8) is 0 Å². The minimum atomic E-state index is -0.590. The molecule has 1 atom stereocenters. The molecule has 1 unspecified atom stereocenters. The van der Waals surface area contributed by atoms with Crippen molar-refractivity contribution in [2.24, 2.45) is 0 Å². The van der Waals surface area contributed by atoms with Crippen molar-refractivity contribution in [3.8, 4) is 0 Å². The van der Waals surface area contributed by atoms with Crippen molar-refractivity contribution in [2.75, 3.05) is 0 Å². The summed E-state index contributed by atoms with van der Waals surface area (Å²) in [6.07, 6.45) is 5.95. The molecule has 0 aliphatic heterocycles. The third-order valence-corrected chi connectivity index (χ3v) is 4.32. The SMILES string of the molecule is OC(C1=CCCCC1)c1cc(Br)c(Br)o1. The zero-order chi connectivity index (χ0) is 10.8. The average molecular weight is 336 g/mol. The number of aliphatic hydroxyl groups is 1. The fourth-order valence-corrected chi connectivity index (χ4v) is 2.40. The molecule has 2 nitrogen and oxygen atoms in total. The van der Waals surface area contributed by atoms with Crippen LogP contribution in [0.15, 0.2) is 31.3 Å². The molecule has 0 aromatic carbocycles. The van der Waals surface area contributed by atoms with E-state index in [4.69, 9.17) is 4.42 Å². The summed E-state index contributed by atoms with van der Waals surface area (Å²) >= 11 is 6.60. The highest BCUT2D eigenvalue weighted by molar-refractivity contribution is 9.13. The second kappa shape index (κ2) is 4.85. The van der Waals surface area contributed by atoms with Gasteiger partial charge in [0.05, 0.1) is 4.47 Å². The zero-order valence-corrected chi connectivity index (χ0v) is 11.3. The predicted molar refractivity (Wildman–Crippen MR) is 65.6 cm³/mol. The van der Waals surface area contributed by atoms with Crippen LogP contribution in [0.5, 0.6) is 0 Å². The maximum Gasteiger partial charge on any atom is 0.183 e. The van der Waals surface area contributed by atoms with E-state index in [2.05, 4.69) is 37.9 Å². The van der Waals surface area contributed by atoms with Gasteiger partial charge in [0.25, 0.3) is 0 Å². The molecule has 1 aromatic rings. The molecule has 0 saturated heterocycles. The highest BCUT2D eigenvalue weighted by atomic mass is 79.9. The van der Waals surface area contributed by atoms with Gasteiger partial charge in [0.2, 0.25) is 0 Å². The van der Waals surface area contributed by atoms with Crippen molar-refractivity contribution < 1.29 is 9.52 Å². The summed E-state index contributed by atoms with van der Waals surface area (Å²) in [5.41, 5.74) is 1.08. The molecule has 0 fully saturated rings. The van der Waals surface area contributed by atoms with Gasteiger partial charge in [0, 0.05) is 0 Å². The molecular formula is C11H12Br2O2. The van der Waals surface area contributed by atoms with Crippen molar-refractivity contribution >= 4 is 31.9 Å². The number of halogens is 2. The molecule has 0 spiro atoms. The summed E-state index contributed by atoms with van der Waals surface area (Å²) < 4.78 is 6.88. The number of aliphatic hydroxyl groups excluding tert-OH is 1. The molecule has 1 aliphatic rings. The van der Waals surface area contributed by atoms with E-state index in [1.54, 1.807) is 0 Å². The monoisotopic (exact) mass is 334 g/mol. The van der Waals surface area contributed by atoms with E-state index in [1.807, 2.05) is 6.07 Å². The Morgan fingerprint density at radius 1 is 1.33 bits per heavy atom. The van der Waals surface area contributed by atoms with Crippen LogP contribution in [0.3, 0.4) is 0 Å². The summed E-state index contributed by atoms with van der Waals surface area (Å²) in [4.78, 5) is 0. The standard InChI is InChI=1S/C11H12Br2O2/c12-8-6-9(15-11(8)13)10(14)7-4-2-1-3-5-7/h4,6,10,14H,1-3,5H2. The smallest absolute Gasteiger partial charge is 0.183 e. The lowest BCUT2D eigenvalue weighted by atomic mass is 9.94. The molecule has 0 bridgehead atoms. The van der Waals surface area contributed by atoms with Gasteiger partial charge in [-0.15, -0.1) is 0 Å². The second-order valence-corrected chi connectivity index (χ2v) is 5.27. The van der Waals surface area contributed by atoms with E-state index in [9.17, 15) is 5.11 Å². The Kier molecular flexibility index (Phi) is 3.69. The Morgan fingerprint density at radius 2 is 2.13 bits per heavy atom. The molecule has 1 N–H and O–H groups in total. The summed E-state index contributed by atoms with van der Waals surface area (Å²) in [7, 11) is 0. The van der Waals surface area contributed by atoms with Crippen molar-refractivity contribution in [3.05, 3.63) is 32.6 Å². The van der Waals surface area contributed by atoms with Crippen molar-refractivity contribution in [1.29, 1.82) is 0 Å². The third-order valence-electron chi connectivity index (χ3n) is 2.61. The van der Waals surface area contributed by atoms with E-state index >= 15 is 0 Å². The summed E-state index contributed by atoms with van der Waals surface area (Å²) in [6, 6.07) is 1.81. The van der Waals surface area contributed by atoms with Gasteiger partial charge in [-0.2, -0.15) is 0 Å². The van der Waals surface area contributed by atoms with Gasteiger partial charge in [0.1, 0.15) is 11.9 Å². The summed E-state index contributed by atoms with van der Waals surface area (Å²) in [5.74, 6) is 0.599. The number of furan rings is 1. The lowest BCUT2D eigenvalue weighted by Crippen LogP contribution is -2.03. The summed E-state index contributed by atoms with van der Waals surface area (Å²) in [5, 5.41) is 10.1. The zero-order valence-electron chi connectivity index (χ0n) is 8.17. The van der Waals surface area contributed by atoms with E-state index < -0.39 is 6.10 Å². The minimum Gasteiger partial charge on any atom is -0.450 e. The highest BCUT2D eigenvalue weighted by Crippen LogP contribution is 2.35. The van der Waals surface area contributed by atoms with Crippen LogP contribution < -0.4 is 0 Å². The molecule has 1 aliphatic carbocycles. The second-order valence-electron chi connectivity index (χ2n) is 3.70. The molecule has 0 amide bonds. The number of hydrogen-bond donors (Lipinski definition) is 1. The van der Waals surface area contributed by atoms with Crippen molar-refractivity contribution in [2.45, 2.75) is 31.8 Å².